The van der Waals surface area contributed by atoms with Crippen molar-refractivity contribution in [1.29, 1.82) is 0 Å². The Kier molecular flexibility index (Phi) is 5.67. The summed E-state index contributed by atoms with van der Waals surface area (Å²) < 4.78 is 5.78. The van der Waals surface area contributed by atoms with E-state index in [1.807, 2.05) is 6.07 Å². The molecule has 1 aromatic carbocycles. The van der Waals surface area contributed by atoms with Crippen LogP contribution in [0, 0.1) is 0 Å². The number of aliphatic hydroxyl groups excluding tert-OH is 1. The smallest absolute Gasteiger partial charge is 0.119 e. The highest BCUT2D eigenvalue weighted by atomic mass is 16.5. The predicted molar refractivity (Wildman–Crippen MR) is 77.4 cm³/mol. The predicted octanol–water partition coefficient (Wildman–Crippen LogP) is 2.95. The summed E-state index contributed by atoms with van der Waals surface area (Å²) in [6, 6.07) is 6.52. The van der Waals surface area contributed by atoms with E-state index in [0.29, 0.717) is 6.61 Å². The van der Waals surface area contributed by atoms with Crippen LogP contribution in [0.5, 0.6) is 5.75 Å². The van der Waals surface area contributed by atoms with Crippen molar-refractivity contribution in [2.45, 2.75) is 51.0 Å². The fourth-order valence-corrected chi connectivity index (χ4v) is 2.68. The molecule has 106 valence electrons. The molecule has 1 unspecified atom stereocenters. The first-order valence-corrected chi connectivity index (χ1v) is 7.43. The second kappa shape index (κ2) is 7.51. The van der Waals surface area contributed by atoms with Gasteiger partial charge in [0.05, 0.1) is 6.61 Å². The molecule has 1 atom stereocenters. The molecule has 0 saturated carbocycles. The van der Waals surface area contributed by atoms with E-state index >= 15 is 0 Å². The third-order valence-corrected chi connectivity index (χ3v) is 3.80. The number of unbranched alkanes of at least 4 members (excludes halogenated alkanes) is 3. The molecule has 3 heteroatoms. The number of nitrogens with two attached hydrogens (primary N) is 1. The van der Waals surface area contributed by atoms with Crippen molar-refractivity contribution >= 4 is 0 Å². The molecule has 2 rings (SSSR count). The highest BCUT2D eigenvalue weighted by Gasteiger charge is 2.16. The van der Waals surface area contributed by atoms with Crippen LogP contribution in [-0.2, 0) is 6.42 Å². The zero-order valence-corrected chi connectivity index (χ0v) is 11.6. The molecule has 1 aromatic rings. The van der Waals surface area contributed by atoms with E-state index in [4.69, 9.17) is 15.6 Å². The lowest BCUT2D eigenvalue weighted by Gasteiger charge is -2.22. The second-order valence-electron chi connectivity index (χ2n) is 5.35. The Morgan fingerprint density at radius 2 is 2.05 bits per heavy atom. The number of fused-ring (bicyclic) bond motifs is 1. The number of hydrogen-bond donors (Lipinski definition) is 2. The molecule has 0 fully saturated rings. The number of benzene rings is 1. The normalized spacial score (nSPS) is 18.1. The van der Waals surface area contributed by atoms with Gasteiger partial charge in [0.15, 0.2) is 0 Å². The minimum Gasteiger partial charge on any atom is -0.494 e. The van der Waals surface area contributed by atoms with Gasteiger partial charge < -0.3 is 15.6 Å². The second-order valence-corrected chi connectivity index (χ2v) is 5.35. The number of hydrogen-bond acceptors (Lipinski definition) is 3. The van der Waals surface area contributed by atoms with Crippen LogP contribution in [-0.4, -0.2) is 18.3 Å². The lowest BCUT2D eigenvalue weighted by molar-refractivity contribution is 0.273. The standard InChI is InChI=1S/C16H25NO2/c17-16-7-5-6-13-12-14(8-9-15(13)16)19-11-4-2-1-3-10-18/h8-9,12,16,18H,1-7,10-11,17H2. The Bertz CT molecular complexity index is 392. The first-order valence-electron chi connectivity index (χ1n) is 7.43. The van der Waals surface area contributed by atoms with E-state index in [1.54, 1.807) is 0 Å². The topological polar surface area (TPSA) is 55.5 Å². The summed E-state index contributed by atoms with van der Waals surface area (Å²) in [5.41, 5.74) is 8.75. The molecule has 19 heavy (non-hydrogen) atoms. The molecule has 0 aromatic heterocycles. The molecule has 0 bridgehead atoms. The zero-order valence-electron chi connectivity index (χ0n) is 11.6. The van der Waals surface area contributed by atoms with Crippen LogP contribution in [0.2, 0.25) is 0 Å². The summed E-state index contributed by atoms with van der Waals surface area (Å²) in [6.07, 6.45) is 7.55. The van der Waals surface area contributed by atoms with Gasteiger partial charge in [-0.1, -0.05) is 12.5 Å². The van der Waals surface area contributed by atoms with E-state index in [-0.39, 0.29) is 6.04 Å². The van der Waals surface area contributed by atoms with Gasteiger partial charge in [-0.15, -0.1) is 0 Å². The molecule has 0 amide bonds. The minimum atomic E-state index is 0.205. The van der Waals surface area contributed by atoms with Crippen molar-refractivity contribution in [1.82, 2.24) is 0 Å². The van der Waals surface area contributed by atoms with Gasteiger partial charge in [-0.3, -0.25) is 0 Å². The fourth-order valence-electron chi connectivity index (χ4n) is 2.68. The van der Waals surface area contributed by atoms with Gasteiger partial charge in [-0.25, -0.2) is 0 Å². The zero-order chi connectivity index (χ0) is 13.5. The molecular formula is C16H25NO2. The molecule has 1 aliphatic rings. The summed E-state index contributed by atoms with van der Waals surface area (Å²) in [5.74, 6) is 0.968. The van der Waals surface area contributed by atoms with Crippen LogP contribution in [0.15, 0.2) is 18.2 Å². The maximum Gasteiger partial charge on any atom is 0.119 e. The molecule has 0 saturated heterocycles. The molecule has 3 N–H and O–H groups in total. The van der Waals surface area contributed by atoms with Crippen LogP contribution in [0.1, 0.15) is 55.7 Å². The first kappa shape index (κ1) is 14.4. The summed E-state index contributed by atoms with van der Waals surface area (Å²) >= 11 is 0. The van der Waals surface area contributed by atoms with Crippen molar-refractivity contribution in [3.63, 3.8) is 0 Å². The van der Waals surface area contributed by atoms with Gasteiger partial charge in [-0.2, -0.15) is 0 Å². The van der Waals surface area contributed by atoms with Crippen LogP contribution in [0.25, 0.3) is 0 Å². The van der Waals surface area contributed by atoms with E-state index in [1.165, 1.54) is 17.5 Å². The molecule has 0 spiro atoms. The van der Waals surface area contributed by atoms with Crippen molar-refractivity contribution in [3.8, 4) is 5.75 Å². The highest BCUT2D eigenvalue weighted by molar-refractivity contribution is 5.38. The first-order chi connectivity index (χ1) is 9.31. The van der Waals surface area contributed by atoms with Crippen molar-refractivity contribution < 1.29 is 9.84 Å². The van der Waals surface area contributed by atoms with Crippen molar-refractivity contribution in [2.75, 3.05) is 13.2 Å². The molecule has 0 aliphatic heterocycles. The lowest BCUT2D eigenvalue weighted by Crippen LogP contribution is -2.17. The van der Waals surface area contributed by atoms with Gasteiger partial charge in [-0.05, 0) is 61.8 Å². The Balaban J connectivity index is 1.78. The Hall–Kier alpha value is -1.06. The van der Waals surface area contributed by atoms with Gasteiger partial charge in [0, 0.05) is 12.6 Å². The van der Waals surface area contributed by atoms with Gasteiger partial charge in [0.1, 0.15) is 5.75 Å². The third kappa shape index (κ3) is 4.22. The summed E-state index contributed by atoms with van der Waals surface area (Å²) in [5, 5.41) is 8.69. The third-order valence-electron chi connectivity index (χ3n) is 3.80. The molecule has 0 radical (unpaired) electrons. The number of aryl methyl sites for hydroxylation is 1. The van der Waals surface area contributed by atoms with Crippen LogP contribution in [0.3, 0.4) is 0 Å². The monoisotopic (exact) mass is 263 g/mol. The molecular weight excluding hydrogens is 238 g/mol. The van der Waals surface area contributed by atoms with Crippen molar-refractivity contribution in [2.24, 2.45) is 5.73 Å². The Labute approximate surface area is 115 Å². The molecule has 0 heterocycles. The summed E-state index contributed by atoms with van der Waals surface area (Å²) in [4.78, 5) is 0. The number of ether oxygens (including phenoxy) is 1. The fraction of sp³-hybridized carbons (Fsp3) is 0.625. The maximum absolute atomic E-state index is 8.69. The quantitative estimate of drug-likeness (QED) is 0.744. The number of rotatable bonds is 7. The van der Waals surface area contributed by atoms with Crippen LogP contribution < -0.4 is 10.5 Å². The summed E-state index contributed by atoms with van der Waals surface area (Å²) in [6.45, 7) is 1.06. The van der Waals surface area contributed by atoms with E-state index in [9.17, 15) is 0 Å². The van der Waals surface area contributed by atoms with Gasteiger partial charge >= 0.3 is 0 Å². The SMILES string of the molecule is NC1CCCc2cc(OCCCCCCO)ccc21. The highest BCUT2D eigenvalue weighted by Crippen LogP contribution is 2.30. The number of aliphatic hydroxyl groups is 1. The Morgan fingerprint density at radius 1 is 1.21 bits per heavy atom. The summed E-state index contributed by atoms with van der Waals surface area (Å²) in [7, 11) is 0. The minimum absolute atomic E-state index is 0.205. The lowest BCUT2D eigenvalue weighted by atomic mass is 9.88. The van der Waals surface area contributed by atoms with Crippen LogP contribution >= 0.6 is 0 Å². The Morgan fingerprint density at radius 3 is 2.89 bits per heavy atom. The average Bonchev–Trinajstić information content (AvgIpc) is 2.43. The average molecular weight is 263 g/mol. The molecule has 1 aliphatic carbocycles. The van der Waals surface area contributed by atoms with Crippen LogP contribution in [0.4, 0.5) is 0 Å². The van der Waals surface area contributed by atoms with E-state index < -0.39 is 0 Å². The van der Waals surface area contributed by atoms with Gasteiger partial charge in [0.25, 0.3) is 0 Å². The van der Waals surface area contributed by atoms with Gasteiger partial charge in [0.2, 0.25) is 0 Å². The van der Waals surface area contributed by atoms with E-state index in [0.717, 1.165) is 50.9 Å². The largest absolute Gasteiger partial charge is 0.494 e. The van der Waals surface area contributed by atoms with Crippen molar-refractivity contribution in [3.05, 3.63) is 29.3 Å². The van der Waals surface area contributed by atoms with E-state index in [2.05, 4.69) is 12.1 Å². The maximum atomic E-state index is 8.69. The molecule has 3 nitrogen and oxygen atoms in total.